The average molecular weight is 300 g/mol. The molecular weight excluding hydrogens is 281 g/mol. The Morgan fingerprint density at radius 2 is 1.95 bits per heavy atom. The average Bonchev–Trinajstić information content (AvgIpc) is 2.62. The Balaban J connectivity index is 2.46. The third-order valence-corrected chi connectivity index (χ3v) is 3.62. The van der Waals surface area contributed by atoms with Crippen LogP contribution in [0.2, 0.25) is 0 Å². The highest BCUT2D eigenvalue weighted by Crippen LogP contribution is 2.40. The maximum absolute atomic E-state index is 13.2. The molecule has 1 aromatic carbocycles. The number of hydrogen-bond acceptors (Lipinski definition) is 2. The summed E-state index contributed by atoms with van der Waals surface area (Å²) in [7, 11) is 0. The number of likely N-dealkylation sites (tertiary alicyclic amines) is 1. The van der Waals surface area contributed by atoms with E-state index in [0.717, 1.165) is 6.07 Å². The van der Waals surface area contributed by atoms with Crippen molar-refractivity contribution >= 4 is 5.91 Å². The van der Waals surface area contributed by atoms with Crippen LogP contribution in [0.1, 0.15) is 37.4 Å². The third-order valence-electron chi connectivity index (χ3n) is 3.62. The molecule has 0 aromatic heterocycles. The normalized spacial score (nSPS) is 23.2. The fourth-order valence-electron chi connectivity index (χ4n) is 2.84. The molecule has 116 valence electrons. The fourth-order valence-corrected chi connectivity index (χ4v) is 2.84. The second-order valence-corrected chi connectivity index (χ2v) is 5.84. The van der Waals surface area contributed by atoms with E-state index in [-0.39, 0.29) is 23.8 Å². The van der Waals surface area contributed by atoms with Gasteiger partial charge in [0.05, 0.1) is 11.6 Å². The summed E-state index contributed by atoms with van der Waals surface area (Å²) in [5.41, 5.74) is 5.32. The lowest BCUT2D eigenvalue weighted by atomic mass is 9.95. The number of halogens is 3. The predicted molar refractivity (Wildman–Crippen MR) is 73.3 cm³/mol. The summed E-state index contributed by atoms with van der Waals surface area (Å²) in [6.45, 7) is 4.25. The molecule has 1 amide bonds. The lowest BCUT2D eigenvalue weighted by Crippen LogP contribution is -2.36. The summed E-state index contributed by atoms with van der Waals surface area (Å²) in [5, 5.41) is 0. The summed E-state index contributed by atoms with van der Waals surface area (Å²) >= 11 is 0. The zero-order chi connectivity index (χ0) is 15.8. The second-order valence-electron chi connectivity index (χ2n) is 5.84. The van der Waals surface area contributed by atoms with Crippen LogP contribution in [0.4, 0.5) is 13.2 Å². The van der Waals surface area contributed by atoms with Crippen molar-refractivity contribution < 1.29 is 18.0 Å². The Morgan fingerprint density at radius 3 is 2.52 bits per heavy atom. The van der Waals surface area contributed by atoms with Crippen molar-refractivity contribution in [3.05, 3.63) is 35.4 Å². The van der Waals surface area contributed by atoms with Gasteiger partial charge in [0.15, 0.2) is 0 Å². The Bertz CT molecular complexity index is 528. The van der Waals surface area contributed by atoms with Gasteiger partial charge in [-0.2, -0.15) is 13.2 Å². The molecule has 1 heterocycles. The largest absolute Gasteiger partial charge is 0.416 e. The Labute approximate surface area is 121 Å². The smallest absolute Gasteiger partial charge is 0.334 e. The van der Waals surface area contributed by atoms with Crippen LogP contribution in [0, 0.1) is 5.92 Å². The number of nitrogens with zero attached hydrogens (tertiary/aromatic N) is 1. The maximum Gasteiger partial charge on any atom is 0.416 e. The van der Waals surface area contributed by atoms with Crippen LogP contribution < -0.4 is 5.73 Å². The molecule has 0 aliphatic carbocycles. The van der Waals surface area contributed by atoms with Crippen molar-refractivity contribution in [3.8, 4) is 0 Å². The van der Waals surface area contributed by atoms with Crippen LogP contribution >= 0.6 is 0 Å². The molecule has 1 fully saturated rings. The Morgan fingerprint density at radius 1 is 1.33 bits per heavy atom. The predicted octanol–water partition coefficient (Wildman–Crippen LogP) is 2.96. The summed E-state index contributed by atoms with van der Waals surface area (Å²) in [6.07, 6.45) is -4.37. The van der Waals surface area contributed by atoms with Gasteiger partial charge in [-0.1, -0.05) is 32.0 Å². The van der Waals surface area contributed by atoms with Crippen LogP contribution in [-0.4, -0.2) is 23.4 Å². The van der Waals surface area contributed by atoms with Crippen molar-refractivity contribution in [1.29, 1.82) is 0 Å². The zero-order valence-electron chi connectivity index (χ0n) is 12.0. The quantitative estimate of drug-likeness (QED) is 0.933. The molecule has 3 nitrogen and oxygen atoms in total. The molecule has 21 heavy (non-hydrogen) atoms. The monoisotopic (exact) mass is 300 g/mol. The molecule has 2 unspecified atom stereocenters. The number of hydrogen-bond donors (Lipinski definition) is 1. The van der Waals surface area contributed by atoms with Crippen LogP contribution in [0.15, 0.2) is 24.3 Å². The van der Waals surface area contributed by atoms with E-state index in [1.54, 1.807) is 6.07 Å². The first-order chi connectivity index (χ1) is 9.71. The van der Waals surface area contributed by atoms with Crippen molar-refractivity contribution in [2.24, 2.45) is 11.7 Å². The second kappa shape index (κ2) is 5.67. The molecule has 0 bridgehead atoms. The van der Waals surface area contributed by atoms with E-state index in [0.29, 0.717) is 6.54 Å². The molecule has 0 radical (unpaired) electrons. The highest BCUT2D eigenvalue weighted by molar-refractivity contribution is 5.80. The molecule has 6 heteroatoms. The minimum absolute atomic E-state index is 0.0869. The SMILES string of the molecule is CC(C)CN1C(=O)CC(N)C1c1ccccc1C(F)(F)F. The summed E-state index contributed by atoms with van der Waals surface area (Å²) in [6, 6.07) is 4.03. The molecule has 2 rings (SSSR count). The maximum atomic E-state index is 13.2. The minimum atomic E-state index is -4.45. The van der Waals surface area contributed by atoms with Crippen molar-refractivity contribution in [3.63, 3.8) is 0 Å². The summed E-state index contributed by atoms with van der Waals surface area (Å²) in [5.74, 6) is -0.0158. The molecule has 1 aliphatic heterocycles. The van der Waals surface area contributed by atoms with Crippen molar-refractivity contribution in [1.82, 2.24) is 4.90 Å². The fraction of sp³-hybridized carbons (Fsp3) is 0.533. The Hall–Kier alpha value is -1.56. The van der Waals surface area contributed by atoms with Crippen LogP contribution in [0.3, 0.4) is 0 Å². The van der Waals surface area contributed by atoms with Gasteiger partial charge in [0.2, 0.25) is 5.91 Å². The molecule has 2 N–H and O–H groups in total. The molecule has 0 spiro atoms. The van der Waals surface area contributed by atoms with E-state index in [2.05, 4.69) is 0 Å². The number of benzene rings is 1. The topological polar surface area (TPSA) is 46.3 Å². The van der Waals surface area contributed by atoms with Crippen molar-refractivity contribution in [2.75, 3.05) is 6.54 Å². The number of carbonyl (C=O) groups is 1. The number of nitrogens with two attached hydrogens (primary N) is 1. The molecular formula is C15H19F3N2O. The van der Waals surface area contributed by atoms with E-state index in [9.17, 15) is 18.0 Å². The molecule has 1 saturated heterocycles. The van der Waals surface area contributed by atoms with Crippen LogP contribution in [0.25, 0.3) is 0 Å². The van der Waals surface area contributed by atoms with E-state index >= 15 is 0 Å². The molecule has 2 atom stereocenters. The first kappa shape index (κ1) is 15.8. The Kier molecular flexibility index (Phi) is 4.27. The molecule has 0 saturated carbocycles. The number of alkyl halides is 3. The van der Waals surface area contributed by atoms with Gasteiger partial charge >= 0.3 is 6.18 Å². The first-order valence-corrected chi connectivity index (χ1v) is 6.93. The number of carbonyl (C=O) groups excluding carboxylic acids is 1. The third kappa shape index (κ3) is 3.20. The van der Waals surface area contributed by atoms with Crippen molar-refractivity contribution in [2.45, 2.75) is 38.5 Å². The van der Waals surface area contributed by atoms with E-state index < -0.39 is 23.8 Å². The van der Waals surface area contributed by atoms with Gasteiger partial charge < -0.3 is 10.6 Å². The van der Waals surface area contributed by atoms with Gasteiger partial charge in [-0.25, -0.2) is 0 Å². The van der Waals surface area contributed by atoms with E-state index in [1.165, 1.54) is 17.0 Å². The van der Waals surface area contributed by atoms with Crippen LogP contribution in [0.5, 0.6) is 0 Å². The van der Waals surface area contributed by atoms with Gasteiger partial charge in [0.25, 0.3) is 0 Å². The number of rotatable bonds is 3. The van der Waals surface area contributed by atoms with Gasteiger partial charge in [-0.05, 0) is 17.5 Å². The standard InChI is InChI=1S/C15H19F3N2O/c1-9(2)8-20-13(21)7-12(19)14(20)10-5-3-4-6-11(10)15(16,17)18/h3-6,9,12,14H,7-8,19H2,1-2H3. The highest BCUT2D eigenvalue weighted by Gasteiger charge is 2.43. The minimum Gasteiger partial charge on any atom is -0.334 e. The molecule has 1 aromatic rings. The first-order valence-electron chi connectivity index (χ1n) is 6.93. The van der Waals surface area contributed by atoms with Gasteiger partial charge in [0.1, 0.15) is 0 Å². The lowest BCUT2D eigenvalue weighted by Gasteiger charge is -2.30. The van der Waals surface area contributed by atoms with E-state index in [4.69, 9.17) is 5.73 Å². The van der Waals surface area contributed by atoms with Crippen LogP contribution in [-0.2, 0) is 11.0 Å². The summed E-state index contributed by atoms with van der Waals surface area (Å²) < 4.78 is 39.5. The lowest BCUT2D eigenvalue weighted by molar-refractivity contribution is -0.139. The summed E-state index contributed by atoms with van der Waals surface area (Å²) in [4.78, 5) is 13.5. The zero-order valence-corrected chi connectivity index (χ0v) is 12.0. The van der Waals surface area contributed by atoms with Gasteiger partial charge in [-0.3, -0.25) is 4.79 Å². The number of amides is 1. The van der Waals surface area contributed by atoms with Gasteiger partial charge in [0, 0.05) is 19.0 Å². The highest BCUT2D eigenvalue weighted by atomic mass is 19.4. The molecule has 1 aliphatic rings. The van der Waals surface area contributed by atoms with E-state index in [1.807, 2.05) is 13.8 Å². The van der Waals surface area contributed by atoms with Gasteiger partial charge in [-0.15, -0.1) is 0 Å².